The van der Waals surface area contributed by atoms with Crippen LogP contribution in [0.2, 0.25) is 0 Å². The minimum atomic E-state index is -3.67. The number of anilines is 1. The Balaban J connectivity index is 2.04. The molecule has 1 N–H and O–H groups in total. The molecule has 0 aromatic heterocycles. The van der Waals surface area contributed by atoms with Gasteiger partial charge in [0.15, 0.2) is 0 Å². The van der Waals surface area contributed by atoms with Crippen LogP contribution in [-0.2, 0) is 21.2 Å². The molecular formula is C22H30N2O5S. The van der Waals surface area contributed by atoms with Gasteiger partial charge in [0, 0.05) is 12.6 Å². The van der Waals surface area contributed by atoms with Gasteiger partial charge in [0.1, 0.15) is 17.5 Å². The Bertz CT molecular complexity index is 929. The lowest BCUT2D eigenvalue weighted by Crippen LogP contribution is -2.49. The van der Waals surface area contributed by atoms with E-state index >= 15 is 0 Å². The average molecular weight is 435 g/mol. The molecule has 0 spiro atoms. The molecule has 164 valence electrons. The van der Waals surface area contributed by atoms with E-state index in [4.69, 9.17) is 9.47 Å². The van der Waals surface area contributed by atoms with Gasteiger partial charge in [-0.3, -0.25) is 9.10 Å². The van der Waals surface area contributed by atoms with Gasteiger partial charge in [-0.1, -0.05) is 25.1 Å². The minimum Gasteiger partial charge on any atom is -0.497 e. The van der Waals surface area contributed by atoms with Crippen LogP contribution in [0.1, 0.15) is 25.3 Å². The van der Waals surface area contributed by atoms with E-state index in [1.165, 1.54) is 7.11 Å². The van der Waals surface area contributed by atoms with Gasteiger partial charge in [-0.15, -0.1) is 0 Å². The molecule has 0 saturated heterocycles. The second-order valence-electron chi connectivity index (χ2n) is 6.93. The largest absolute Gasteiger partial charge is 0.497 e. The highest BCUT2D eigenvalue weighted by Gasteiger charge is 2.31. The Kier molecular flexibility index (Phi) is 8.53. The Morgan fingerprint density at radius 3 is 2.30 bits per heavy atom. The Morgan fingerprint density at radius 1 is 1.07 bits per heavy atom. The summed E-state index contributed by atoms with van der Waals surface area (Å²) in [6, 6.07) is 13.6. The van der Waals surface area contributed by atoms with E-state index in [9.17, 15) is 13.2 Å². The summed E-state index contributed by atoms with van der Waals surface area (Å²) >= 11 is 0. The normalized spacial score (nSPS) is 12.1. The number of rotatable bonds is 11. The number of hydrogen-bond acceptors (Lipinski definition) is 5. The summed E-state index contributed by atoms with van der Waals surface area (Å²) < 4.78 is 36.5. The van der Waals surface area contributed by atoms with Crippen molar-refractivity contribution in [3.63, 3.8) is 0 Å². The first kappa shape index (κ1) is 23.5. The number of nitrogens with zero attached hydrogens (tertiary/aromatic N) is 1. The van der Waals surface area contributed by atoms with Crippen LogP contribution in [0, 0.1) is 0 Å². The summed E-state index contributed by atoms with van der Waals surface area (Å²) in [7, 11) is -0.539. The molecule has 8 heteroatoms. The summed E-state index contributed by atoms with van der Waals surface area (Å²) in [4.78, 5) is 12.8. The summed E-state index contributed by atoms with van der Waals surface area (Å²) in [5.74, 6) is 1.01. The quantitative estimate of drug-likeness (QED) is 0.550. The number of carbonyl (C=O) groups excluding carboxylic acids is 1. The molecule has 2 rings (SSSR count). The fourth-order valence-corrected chi connectivity index (χ4v) is 4.43. The minimum absolute atomic E-state index is 0.319. The topological polar surface area (TPSA) is 84.9 Å². The summed E-state index contributed by atoms with van der Waals surface area (Å²) in [5.41, 5.74) is 1.54. The van der Waals surface area contributed by atoms with E-state index in [-0.39, 0.29) is 5.91 Å². The predicted octanol–water partition coefficient (Wildman–Crippen LogP) is 3.00. The Morgan fingerprint density at radius 2 is 1.73 bits per heavy atom. The summed E-state index contributed by atoms with van der Waals surface area (Å²) in [6.45, 7) is 2.25. The van der Waals surface area contributed by atoms with Crippen LogP contribution in [-0.4, -0.2) is 47.4 Å². The molecule has 0 aliphatic rings. The highest BCUT2D eigenvalue weighted by Crippen LogP contribution is 2.26. The van der Waals surface area contributed by atoms with E-state index in [0.29, 0.717) is 24.4 Å². The molecule has 2 aromatic carbocycles. The molecule has 0 aliphatic heterocycles. The fourth-order valence-electron chi connectivity index (χ4n) is 3.22. The lowest BCUT2D eigenvalue weighted by Gasteiger charge is -2.30. The maximum atomic E-state index is 12.8. The monoisotopic (exact) mass is 434 g/mol. The number of nitrogens with one attached hydrogen (secondary N) is 1. The van der Waals surface area contributed by atoms with Crippen LogP contribution >= 0.6 is 0 Å². The van der Waals surface area contributed by atoms with Crippen LogP contribution in [0.4, 0.5) is 5.69 Å². The zero-order chi connectivity index (χ0) is 22.1. The maximum Gasteiger partial charge on any atom is 0.243 e. The lowest BCUT2D eigenvalue weighted by molar-refractivity contribution is -0.122. The molecule has 0 radical (unpaired) electrons. The van der Waals surface area contributed by atoms with Crippen molar-refractivity contribution >= 4 is 21.6 Å². The fraction of sp³-hybridized carbons (Fsp3) is 0.409. The summed E-state index contributed by atoms with van der Waals surface area (Å²) in [5, 5.41) is 2.88. The third-order valence-corrected chi connectivity index (χ3v) is 5.92. The van der Waals surface area contributed by atoms with Crippen LogP contribution in [0.15, 0.2) is 48.5 Å². The van der Waals surface area contributed by atoms with Crippen LogP contribution in [0.25, 0.3) is 0 Å². The van der Waals surface area contributed by atoms with E-state index < -0.39 is 16.1 Å². The third-order valence-electron chi connectivity index (χ3n) is 4.74. The van der Waals surface area contributed by atoms with Crippen molar-refractivity contribution in [3.05, 3.63) is 54.1 Å². The van der Waals surface area contributed by atoms with Crippen molar-refractivity contribution in [3.8, 4) is 11.5 Å². The molecule has 0 aliphatic carbocycles. The van der Waals surface area contributed by atoms with Gasteiger partial charge in [-0.25, -0.2) is 8.42 Å². The zero-order valence-corrected chi connectivity index (χ0v) is 18.7. The van der Waals surface area contributed by atoms with E-state index in [1.807, 2.05) is 24.3 Å². The van der Waals surface area contributed by atoms with Crippen LogP contribution in [0.3, 0.4) is 0 Å². The van der Waals surface area contributed by atoms with E-state index in [2.05, 4.69) is 5.32 Å². The average Bonchev–Trinajstić information content (AvgIpc) is 2.74. The SMILES string of the molecule is CC[C@H](C(=O)NCCCc1ccc(OC)cc1)N(c1cccc(OC)c1)S(C)(=O)=O. The third kappa shape index (κ3) is 6.38. The van der Waals surface area contributed by atoms with Crippen LogP contribution < -0.4 is 19.1 Å². The van der Waals surface area contributed by atoms with Crippen LogP contribution in [0.5, 0.6) is 11.5 Å². The lowest BCUT2D eigenvalue weighted by atomic mass is 10.1. The zero-order valence-electron chi connectivity index (χ0n) is 17.9. The number of methoxy groups -OCH3 is 2. The number of sulfonamides is 1. The molecule has 0 heterocycles. The van der Waals surface area contributed by atoms with Gasteiger partial charge >= 0.3 is 0 Å². The maximum absolute atomic E-state index is 12.8. The molecule has 0 saturated carbocycles. The molecule has 0 unspecified atom stereocenters. The van der Waals surface area contributed by atoms with Gasteiger partial charge in [0.05, 0.1) is 26.2 Å². The second kappa shape index (κ2) is 10.9. The molecule has 0 bridgehead atoms. The van der Waals surface area contributed by atoms with E-state index in [1.54, 1.807) is 38.3 Å². The highest BCUT2D eigenvalue weighted by molar-refractivity contribution is 7.92. The number of amides is 1. The van der Waals surface area contributed by atoms with Crippen molar-refractivity contribution in [2.45, 2.75) is 32.2 Å². The highest BCUT2D eigenvalue weighted by atomic mass is 32.2. The number of hydrogen-bond donors (Lipinski definition) is 1. The number of ether oxygens (including phenoxy) is 2. The molecule has 1 amide bonds. The predicted molar refractivity (Wildman–Crippen MR) is 119 cm³/mol. The van der Waals surface area contributed by atoms with Gasteiger partial charge in [-0.05, 0) is 49.1 Å². The molecule has 2 aromatic rings. The first-order chi connectivity index (χ1) is 14.3. The van der Waals surface area contributed by atoms with Gasteiger partial charge in [-0.2, -0.15) is 0 Å². The molecule has 7 nitrogen and oxygen atoms in total. The standard InChI is InChI=1S/C22H30N2O5S/c1-5-21(24(30(4,26)27)18-9-6-10-20(16-18)29-3)22(25)23-15-7-8-17-11-13-19(28-2)14-12-17/h6,9-14,16,21H,5,7-8,15H2,1-4H3,(H,23,25)/t21-/m1/s1. The first-order valence-electron chi connectivity index (χ1n) is 9.84. The van der Waals surface area contributed by atoms with Gasteiger partial charge < -0.3 is 14.8 Å². The Labute approximate surface area is 179 Å². The number of aryl methyl sites for hydroxylation is 1. The molecular weight excluding hydrogens is 404 g/mol. The summed E-state index contributed by atoms with van der Waals surface area (Å²) in [6.07, 6.45) is 2.99. The van der Waals surface area contributed by atoms with Crippen molar-refractivity contribution in [1.82, 2.24) is 5.32 Å². The Hall–Kier alpha value is -2.74. The first-order valence-corrected chi connectivity index (χ1v) is 11.7. The van der Waals surface area contributed by atoms with Crippen molar-refractivity contribution in [1.29, 1.82) is 0 Å². The number of carbonyl (C=O) groups is 1. The molecule has 1 atom stereocenters. The van der Waals surface area contributed by atoms with Crippen molar-refractivity contribution < 1.29 is 22.7 Å². The second-order valence-corrected chi connectivity index (χ2v) is 8.79. The number of benzene rings is 2. The van der Waals surface area contributed by atoms with Crippen molar-refractivity contribution in [2.75, 3.05) is 31.3 Å². The van der Waals surface area contributed by atoms with E-state index in [0.717, 1.165) is 34.7 Å². The van der Waals surface area contributed by atoms with Gasteiger partial charge in [0.2, 0.25) is 15.9 Å². The molecule has 30 heavy (non-hydrogen) atoms. The smallest absolute Gasteiger partial charge is 0.243 e. The molecule has 0 fully saturated rings. The van der Waals surface area contributed by atoms with Gasteiger partial charge in [0.25, 0.3) is 0 Å². The van der Waals surface area contributed by atoms with Crippen molar-refractivity contribution in [2.24, 2.45) is 0 Å².